The van der Waals surface area contributed by atoms with E-state index in [1.54, 1.807) is 4.90 Å². The number of hydrogen-bond donors (Lipinski definition) is 0. The first kappa shape index (κ1) is 22.8. The molecule has 32 heavy (non-hydrogen) atoms. The number of piperazine rings is 1. The van der Waals surface area contributed by atoms with E-state index in [0.29, 0.717) is 12.8 Å². The summed E-state index contributed by atoms with van der Waals surface area (Å²) < 4.78 is 94.8. The number of hydrogen-bond acceptors (Lipinski definition) is 5. The van der Waals surface area contributed by atoms with Gasteiger partial charge in [-0.3, -0.25) is 9.69 Å². The number of nitrogens with zero attached hydrogens (tertiary/aromatic N) is 4. The van der Waals surface area contributed by atoms with Crippen LogP contribution in [0.15, 0.2) is 34.0 Å². The highest BCUT2D eigenvalue weighted by Gasteiger charge is 2.38. The second kappa shape index (κ2) is 8.19. The molecule has 2 heterocycles. The lowest BCUT2D eigenvalue weighted by Gasteiger charge is -2.34. The van der Waals surface area contributed by atoms with Crippen LogP contribution in [0.2, 0.25) is 0 Å². The lowest BCUT2D eigenvalue weighted by molar-refractivity contribution is -0.139. The predicted molar refractivity (Wildman–Crippen MR) is 102 cm³/mol. The molecular weight excluding hydrogens is 459 g/mol. The van der Waals surface area contributed by atoms with Crippen LogP contribution < -0.4 is 5.56 Å². The minimum atomic E-state index is -4.82. The van der Waals surface area contributed by atoms with E-state index in [2.05, 4.69) is 5.10 Å². The van der Waals surface area contributed by atoms with E-state index in [1.165, 1.54) is 0 Å². The fourth-order valence-corrected chi connectivity index (χ4v) is 5.13. The first-order chi connectivity index (χ1) is 15.0. The van der Waals surface area contributed by atoms with Crippen molar-refractivity contribution in [2.75, 3.05) is 26.2 Å². The summed E-state index contributed by atoms with van der Waals surface area (Å²) in [7, 11) is -4.44. The zero-order chi connectivity index (χ0) is 23.3. The van der Waals surface area contributed by atoms with E-state index in [4.69, 9.17) is 0 Å². The Kier molecular flexibility index (Phi) is 5.84. The summed E-state index contributed by atoms with van der Waals surface area (Å²) in [6.45, 7) is -0.486. The summed E-state index contributed by atoms with van der Waals surface area (Å²) in [6.07, 6.45) is -3.42. The largest absolute Gasteiger partial charge is 0.421 e. The fourth-order valence-electron chi connectivity index (χ4n) is 3.60. The number of aromatic nitrogens is 2. The molecule has 2 aromatic rings. The highest BCUT2D eigenvalue weighted by Crippen LogP contribution is 2.40. The molecule has 0 spiro atoms. The first-order valence-corrected chi connectivity index (χ1v) is 11.3. The molecule has 13 heteroatoms. The molecule has 0 radical (unpaired) electrons. The van der Waals surface area contributed by atoms with E-state index in [9.17, 15) is 35.2 Å². The average molecular weight is 478 g/mol. The Morgan fingerprint density at radius 3 is 2.16 bits per heavy atom. The van der Waals surface area contributed by atoms with Crippen LogP contribution in [0.3, 0.4) is 0 Å². The Balaban J connectivity index is 1.51. The Labute approximate surface area is 180 Å². The Bertz CT molecular complexity index is 1170. The molecule has 1 aliphatic carbocycles. The van der Waals surface area contributed by atoms with E-state index in [0.717, 1.165) is 33.3 Å². The maximum Gasteiger partial charge on any atom is 0.421 e. The Morgan fingerprint density at radius 1 is 1.03 bits per heavy atom. The maximum absolute atomic E-state index is 14.0. The van der Waals surface area contributed by atoms with Crippen molar-refractivity contribution in [3.05, 3.63) is 57.5 Å². The van der Waals surface area contributed by atoms with Crippen molar-refractivity contribution in [1.82, 2.24) is 19.0 Å². The third kappa shape index (κ3) is 4.41. The van der Waals surface area contributed by atoms with Gasteiger partial charge in [-0.25, -0.2) is 21.9 Å². The smallest absolute Gasteiger partial charge is 0.282 e. The minimum absolute atomic E-state index is 0.0401. The molecule has 174 valence electrons. The highest BCUT2D eigenvalue weighted by atomic mass is 32.2. The zero-order valence-electron chi connectivity index (χ0n) is 16.6. The Morgan fingerprint density at radius 2 is 1.62 bits per heavy atom. The van der Waals surface area contributed by atoms with Crippen molar-refractivity contribution in [1.29, 1.82) is 0 Å². The molecule has 2 fully saturated rings. The highest BCUT2D eigenvalue weighted by molar-refractivity contribution is 7.89. The zero-order valence-corrected chi connectivity index (χ0v) is 17.5. The van der Waals surface area contributed by atoms with Gasteiger partial charge in [-0.1, -0.05) is 6.07 Å². The molecular formula is C19H19F5N4O3S. The van der Waals surface area contributed by atoms with Gasteiger partial charge in [-0.05, 0) is 31.0 Å². The third-order valence-corrected chi connectivity index (χ3v) is 7.43. The van der Waals surface area contributed by atoms with Crippen molar-refractivity contribution in [2.24, 2.45) is 0 Å². The van der Waals surface area contributed by atoms with Crippen molar-refractivity contribution in [3.8, 4) is 0 Å². The molecule has 7 nitrogen and oxygen atoms in total. The molecule has 0 amide bonds. The van der Waals surface area contributed by atoms with E-state index < -0.39 is 43.9 Å². The van der Waals surface area contributed by atoms with Gasteiger partial charge < -0.3 is 0 Å². The van der Waals surface area contributed by atoms with Crippen molar-refractivity contribution >= 4 is 10.0 Å². The van der Waals surface area contributed by atoms with Gasteiger partial charge in [0.2, 0.25) is 10.0 Å². The van der Waals surface area contributed by atoms with Crippen LogP contribution in [0.1, 0.15) is 30.0 Å². The standard InChI is InChI=1S/C19H19F5N4O3S/c20-14-2-1-3-15(21)17(14)32(30,31)27-8-6-26(7-9-27)11-28-18(29)13(19(22,23)24)10-16(25-28)12-4-5-12/h1-3,10,12H,4-9,11H2. The molecule has 0 bridgehead atoms. The first-order valence-electron chi connectivity index (χ1n) is 9.84. The lowest BCUT2D eigenvalue weighted by Crippen LogP contribution is -2.50. The second-order valence-electron chi connectivity index (χ2n) is 7.77. The number of alkyl halides is 3. The molecule has 2 aliphatic rings. The van der Waals surface area contributed by atoms with Gasteiger partial charge in [-0.15, -0.1) is 0 Å². The van der Waals surface area contributed by atoms with Gasteiger partial charge >= 0.3 is 6.18 Å². The van der Waals surface area contributed by atoms with Gasteiger partial charge in [0.05, 0.1) is 12.4 Å². The topological polar surface area (TPSA) is 75.5 Å². The fraction of sp³-hybridized carbons (Fsp3) is 0.474. The summed E-state index contributed by atoms with van der Waals surface area (Å²) in [5.74, 6) is -2.53. The normalized spacial score (nSPS) is 18.8. The van der Waals surface area contributed by atoms with Gasteiger partial charge in [-0.2, -0.15) is 22.6 Å². The number of halogens is 5. The number of rotatable bonds is 5. The van der Waals surface area contributed by atoms with Crippen LogP contribution in [0, 0.1) is 11.6 Å². The molecule has 1 saturated carbocycles. The average Bonchev–Trinajstić information content (AvgIpc) is 3.54. The van der Waals surface area contributed by atoms with Gasteiger partial charge in [0, 0.05) is 32.1 Å². The van der Waals surface area contributed by atoms with E-state index >= 15 is 0 Å². The second-order valence-corrected chi connectivity index (χ2v) is 9.65. The molecule has 0 unspecified atom stereocenters. The molecule has 4 rings (SSSR count). The quantitative estimate of drug-likeness (QED) is 0.617. The van der Waals surface area contributed by atoms with Gasteiger partial charge in [0.1, 0.15) is 17.2 Å². The van der Waals surface area contributed by atoms with Crippen LogP contribution in [-0.2, 0) is 22.9 Å². The summed E-state index contributed by atoms with van der Waals surface area (Å²) in [6, 6.07) is 3.53. The molecule has 1 aromatic carbocycles. The van der Waals surface area contributed by atoms with Crippen LogP contribution >= 0.6 is 0 Å². The monoisotopic (exact) mass is 478 g/mol. The van der Waals surface area contributed by atoms with E-state index in [-0.39, 0.29) is 44.5 Å². The summed E-state index contributed by atoms with van der Waals surface area (Å²) in [4.78, 5) is 12.9. The predicted octanol–water partition coefficient (Wildman–Crippen LogP) is 2.38. The molecule has 1 aromatic heterocycles. The number of sulfonamides is 1. The van der Waals surface area contributed by atoms with Gasteiger partial charge in [0.25, 0.3) is 5.56 Å². The summed E-state index contributed by atoms with van der Waals surface area (Å²) in [5, 5.41) is 4.07. The van der Waals surface area contributed by atoms with Crippen LogP contribution in [-0.4, -0.2) is 53.6 Å². The summed E-state index contributed by atoms with van der Waals surface area (Å²) >= 11 is 0. The summed E-state index contributed by atoms with van der Waals surface area (Å²) in [5.41, 5.74) is -2.36. The van der Waals surface area contributed by atoms with Crippen molar-refractivity contribution < 1.29 is 30.4 Å². The third-order valence-electron chi connectivity index (χ3n) is 5.48. The molecule has 0 N–H and O–H groups in total. The van der Waals surface area contributed by atoms with Crippen LogP contribution in [0.4, 0.5) is 22.0 Å². The maximum atomic E-state index is 14.0. The van der Waals surface area contributed by atoms with Crippen LogP contribution in [0.25, 0.3) is 0 Å². The molecule has 0 atom stereocenters. The van der Waals surface area contributed by atoms with Crippen molar-refractivity contribution in [3.63, 3.8) is 0 Å². The van der Waals surface area contributed by atoms with E-state index in [1.807, 2.05) is 0 Å². The molecule has 1 saturated heterocycles. The SMILES string of the molecule is O=c1c(C(F)(F)F)cc(C2CC2)nn1CN1CCN(S(=O)(=O)c2c(F)cccc2F)CC1. The van der Waals surface area contributed by atoms with Crippen molar-refractivity contribution in [2.45, 2.75) is 36.5 Å². The Hall–Kier alpha value is -2.38. The minimum Gasteiger partial charge on any atom is -0.282 e. The number of benzene rings is 1. The van der Waals surface area contributed by atoms with Crippen LogP contribution in [0.5, 0.6) is 0 Å². The lowest BCUT2D eigenvalue weighted by atomic mass is 10.2. The molecule has 1 aliphatic heterocycles. The van der Waals surface area contributed by atoms with Gasteiger partial charge in [0.15, 0.2) is 4.90 Å².